The highest BCUT2D eigenvalue weighted by Crippen LogP contribution is 2.43. The molecule has 262 valence electrons. The van der Waals surface area contributed by atoms with Gasteiger partial charge in [-0.3, -0.25) is 13.7 Å². The SMILES string of the molecule is CCCS(=O)(=O)c1ccc(/N=N/c2cc(S(=O)(=O)O)c(N)c(/N=N/c3ccc(S(=O)(=O)CCOS(=O)(=O)O)cc3)c2N)c(S(=O)(=O)O)c1. The molecule has 0 aliphatic heterocycles. The van der Waals surface area contributed by atoms with Gasteiger partial charge in [0.15, 0.2) is 19.7 Å². The third-order valence-corrected chi connectivity index (χ3v) is 11.8. The Morgan fingerprint density at radius 3 is 1.71 bits per heavy atom. The highest BCUT2D eigenvalue weighted by atomic mass is 32.3. The first-order chi connectivity index (χ1) is 22.0. The van der Waals surface area contributed by atoms with Gasteiger partial charge in [0.2, 0.25) is 0 Å². The molecule has 0 atom stereocenters. The summed E-state index contributed by atoms with van der Waals surface area (Å²) in [6.45, 7) is 0.713. The zero-order chi connectivity index (χ0) is 36.3. The number of nitrogen functional groups attached to an aromatic ring is 2. The molecule has 3 aromatic carbocycles. The molecule has 0 saturated heterocycles. The molecule has 0 fully saturated rings. The summed E-state index contributed by atoms with van der Waals surface area (Å²) in [5, 5.41) is 14.9. The predicted octanol–water partition coefficient (Wildman–Crippen LogP) is 2.95. The van der Waals surface area contributed by atoms with Crippen molar-refractivity contribution >= 4 is 84.4 Å². The fraction of sp³-hybridized carbons (Fsp3) is 0.217. The van der Waals surface area contributed by atoms with Crippen LogP contribution in [-0.2, 0) is 54.5 Å². The van der Waals surface area contributed by atoms with E-state index < -0.39 is 106 Å². The molecule has 0 aliphatic carbocycles. The zero-order valence-electron chi connectivity index (χ0n) is 24.3. The molecule has 3 rings (SSSR count). The lowest BCUT2D eigenvalue weighted by molar-refractivity contribution is 0.284. The van der Waals surface area contributed by atoms with E-state index in [9.17, 15) is 51.2 Å². The minimum absolute atomic E-state index is 0.0433. The second kappa shape index (κ2) is 14.3. The maximum Gasteiger partial charge on any atom is 0.397 e. The molecule has 3 aromatic rings. The summed E-state index contributed by atoms with van der Waals surface area (Å²) in [5.74, 6) is -1.14. The van der Waals surface area contributed by atoms with E-state index in [4.69, 9.17) is 16.0 Å². The molecular weight excluding hydrogens is 745 g/mol. The summed E-state index contributed by atoms with van der Waals surface area (Å²) in [6, 6.07) is 7.65. The monoisotopic (exact) mass is 770 g/mol. The van der Waals surface area contributed by atoms with Crippen molar-refractivity contribution < 1.29 is 59.9 Å². The van der Waals surface area contributed by atoms with Crippen LogP contribution >= 0.6 is 0 Å². The second-order valence-corrected chi connectivity index (χ2v) is 17.5. The predicted molar refractivity (Wildman–Crippen MR) is 168 cm³/mol. The summed E-state index contributed by atoms with van der Waals surface area (Å²) >= 11 is 0. The van der Waals surface area contributed by atoms with E-state index in [1.807, 2.05) is 0 Å². The first-order valence-electron chi connectivity index (χ1n) is 12.8. The van der Waals surface area contributed by atoms with Gasteiger partial charge in [-0.2, -0.15) is 30.4 Å². The molecule has 7 N–H and O–H groups in total. The minimum Gasteiger partial charge on any atom is -0.396 e. The summed E-state index contributed by atoms with van der Waals surface area (Å²) < 4.78 is 151. The van der Waals surface area contributed by atoms with E-state index in [1.165, 1.54) is 0 Å². The van der Waals surface area contributed by atoms with Crippen molar-refractivity contribution in [2.24, 2.45) is 20.5 Å². The molecule has 0 aromatic heterocycles. The average molecular weight is 771 g/mol. The van der Waals surface area contributed by atoms with Crippen molar-refractivity contribution in [3.63, 3.8) is 0 Å². The van der Waals surface area contributed by atoms with Gasteiger partial charge in [0, 0.05) is 0 Å². The molecule has 25 heteroatoms. The van der Waals surface area contributed by atoms with Crippen LogP contribution in [0.1, 0.15) is 13.3 Å². The number of sulfone groups is 2. The Bertz CT molecular complexity index is 2340. The normalized spacial score (nSPS) is 13.4. The van der Waals surface area contributed by atoms with Gasteiger partial charge in [-0.05, 0) is 55.0 Å². The van der Waals surface area contributed by atoms with Crippen molar-refractivity contribution in [1.29, 1.82) is 0 Å². The lowest BCUT2D eigenvalue weighted by Crippen LogP contribution is -2.15. The van der Waals surface area contributed by atoms with Crippen LogP contribution in [0, 0.1) is 0 Å². The van der Waals surface area contributed by atoms with Crippen LogP contribution < -0.4 is 11.5 Å². The van der Waals surface area contributed by atoms with E-state index in [2.05, 4.69) is 24.6 Å². The molecule has 0 spiro atoms. The fourth-order valence-corrected chi connectivity index (χ4v) is 7.93. The van der Waals surface area contributed by atoms with E-state index >= 15 is 0 Å². The van der Waals surface area contributed by atoms with E-state index in [-0.39, 0.29) is 22.8 Å². The first kappa shape index (κ1) is 38.5. The van der Waals surface area contributed by atoms with Gasteiger partial charge in [0.25, 0.3) is 20.2 Å². The summed E-state index contributed by atoms with van der Waals surface area (Å²) in [4.78, 5) is -2.65. The molecule has 0 radical (unpaired) electrons. The lowest BCUT2D eigenvalue weighted by Gasteiger charge is -2.11. The summed E-state index contributed by atoms with van der Waals surface area (Å²) in [6.07, 6.45) is 0.211. The van der Waals surface area contributed by atoms with Gasteiger partial charge < -0.3 is 11.5 Å². The minimum atomic E-state index is -5.08. The quantitative estimate of drug-likeness (QED) is 0.0893. The number of nitrogens with two attached hydrogens (primary N) is 2. The van der Waals surface area contributed by atoms with Crippen molar-refractivity contribution in [2.75, 3.05) is 29.6 Å². The first-order valence-corrected chi connectivity index (χ1v) is 20.3. The molecule has 48 heavy (non-hydrogen) atoms. The molecule has 0 bridgehead atoms. The number of nitrogens with zero attached hydrogens (tertiary/aromatic N) is 4. The Kier molecular flexibility index (Phi) is 11.4. The van der Waals surface area contributed by atoms with E-state index in [0.717, 1.165) is 36.4 Å². The topological polar surface area (TPSA) is 342 Å². The summed E-state index contributed by atoms with van der Waals surface area (Å²) in [5.41, 5.74) is 8.96. The lowest BCUT2D eigenvalue weighted by atomic mass is 10.2. The van der Waals surface area contributed by atoms with Gasteiger partial charge in [-0.1, -0.05) is 6.92 Å². The highest BCUT2D eigenvalue weighted by Gasteiger charge is 2.24. The van der Waals surface area contributed by atoms with Crippen LogP contribution in [0.5, 0.6) is 0 Å². The second-order valence-electron chi connectivity index (χ2n) is 9.43. The van der Waals surface area contributed by atoms with Crippen molar-refractivity contribution in [1.82, 2.24) is 0 Å². The van der Waals surface area contributed by atoms with Crippen LogP contribution in [-0.4, -0.2) is 73.9 Å². The zero-order valence-corrected chi connectivity index (χ0v) is 28.3. The Morgan fingerprint density at radius 2 is 1.17 bits per heavy atom. The number of hydrogen-bond acceptors (Lipinski definition) is 17. The number of azo groups is 2. The highest BCUT2D eigenvalue weighted by molar-refractivity contribution is 7.91. The van der Waals surface area contributed by atoms with Crippen molar-refractivity contribution in [3.8, 4) is 0 Å². The van der Waals surface area contributed by atoms with Crippen molar-refractivity contribution in [2.45, 2.75) is 32.9 Å². The number of anilines is 2. The van der Waals surface area contributed by atoms with E-state index in [0.29, 0.717) is 12.1 Å². The Hall–Kier alpha value is -3.95. The number of hydrogen-bond donors (Lipinski definition) is 5. The molecule has 0 saturated carbocycles. The summed E-state index contributed by atoms with van der Waals surface area (Å²) in [7, 11) is -23.0. The largest absolute Gasteiger partial charge is 0.397 e. The molecule has 20 nitrogen and oxygen atoms in total. The molecule has 0 heterocycles. The van der Waals surface area contributed by atoms with Crippen LogP contribution in [0.2, 0.25) is 0 Å². The van der Waals surface area contributed by atoms with Gasteiger partial charge in [0.1, 0.15) is 26.9 Å². The van der Waals surface area contributed by atoms with Gasteiger partial charge in [-0.25, -0.2) is 21.0 Å². The maximum atomic E-state index is 12.4. The number of benzene rings is 3. The third kappa shape index (κ3) is 9.80. The molecule has 0 aliphatic rings. The molecule has 0 amide bonds. The van der Waals surface area contributed by atoms with Crippen LogP contribution in [0.25, 0.3) is 0 Å². The standard InChI is InChI=1S/C23H26N6O14S5/c1-2-10-44(30,31)16-7-8-17(19(12-16)46(34,35)36)27-28-18-13-20(47(37,38)39)22(25)23(21(18)24)29-26-14-3-5-15(6-4-14)45(32,33)11-9-43-48(40,41)42/h3-8,12-13H,2,9-11,24-25H2,1H3,(H,34,35,36)(H,37,38,39)(H,40,41,42)/b28-27+,29-26+. The number of rotatable bonds is 14. The Balaban J connectivity index is 2.05. The Morgan fingerprint density at radius 1 is 0.625 bits per heavy atom. The van der Waals surface area contributed by atoms with Crippen molar-refractivity contribution in [3.05, 3.63) is 48.5 Å². The average Bonchev–Trinajstić information content (AvgIpc) is 2.95. The van der Waals surface area contributed by atoms with Crippen LogP contribution in [0.15, 0.2) is 88.6 Å². The smallest absolute Gasteiger partial charge is 0.396 e. The van der Waals surface area contributed by atoms with Gasteiger partial charge in [0.05, 0.1) is 45.0 Å². The molecule has 0 unspecified atom stereocenters. The Labute approximate surface area is 274 Å². The molecular formula is C23H26N6O14S5. The fourth-order valence-electron chi connectivity index (χ4n) is 3.73. The maximum absolute atomic E-state index is 12.4. The van der Waals surface area contributed by atoms with Crippen LogP contribution in [0.3, 0.4) is 0 Å². The van der Waals surface area contributed by atoms with Gasteiger partial charge >= 0.3 is 10.4 Å². The van der Waals surface area contributed by atoms with Gasteiger partial charge in [-0.15, -0.1) is 15.3 Å². The third-order valence-electron chi connectivity index (χ3n) is 5.95. The van der Waals surface area contributed by atoms with Crippen LogP contribution in [0.4, 0.5) is 34.1 Å². The van der Waals surface area contributed by atoms with E-state index in [1.54, 1.807) is 6.92 Å².